The number of aliphatic imine (C=N–C) groups is 2. The third-order valence-electron chi connectivity index (χ3n) is 24.3. The highest BCUT2D eigenvalue weighted by atomic mass is 19.3. The third-order valence-corrected chi connectivity index (χ3v) is 24.3. The van der Waals surface area contributed by atoms with Crippen molar-refractivity contribution in [2.45, 2.75) is 150 Å². The molecule has 634 valence electrons. The van der Waals surface area contributed by atoms with Gasteiger partial charge in [0, 0.05) is 109 Å². The summed E-state index contributed by atoms with van der Waals surface area (Å²) in [5.74, 6) is 5.38. The highest BCUT2D eigenvalue weighted by molar-refractivity contribution is 6.28. The first-order chi connectivity index (χ1) is 60.6. The molecule has 0 radical (unpaired) electrons. The molecule has 1 fully saturated rings. The molecule has 0 amide bonds. The van der Waals surface area contributed by atoms with Crippen LogP contribution in [0, 0.1) is 96.9 Å². The zero-order valence-electron chi connectivity index (χ0n) is 73.8. The number of imidazole rings is 5. The predicted octanol–water partition coefficient (Wildman–Crippen LogP) is 24.6. The summed E-state index contributed by atoms with van der Waals surface area (Å²) in [6, 6.07) is 37.9. The first-order valence-electron chi connectivity index (χ1n) is 42.0. The highest BCUT2D eigenvalue weighted by Crippen LogP contribution is 2.46. The lowest BCUT2D eigenvalue weighted by Gasteiger charge is -2.13. The Morgan fingerprint density at radius 2 is 0.778 bits per heavy atom. The van der Waals surface area contributed by atoms with E-state index in [1.807, 2.05) is 107 Å². The van der Waals surface area contributed by atoms with Gasteiger partial charge in [0.05, 0.1) is 127 Å². The minimum atomic E-state index is -2.66. The molecule has 126 heavy (non-hydrogen) atoms. The van der Waals surface area contributed by atoms with Gasteiger partial charge in [0.15, 0.2) is 5.82 Å². The fourth-order valence-electron chi connectivity index (χ4n) is 18.4. The van der Waals surface area contributed by atoms with E-state index < -0.39 is 6.43 Å². The average molecular weight is 1680 g/mol. The van der Waals surface area contributed by atoms with Crippen LogP contribution in [0.25, 0.3) is 166 Å². The molecule has 0 unspecified atom stereocenters. The molecule has 22 rings (SSSR count). The number of nitrogens with one attached hydrogen (secondary N) is 5. The molecule has 24 nitrogen and oxygen atoms in total. The molecule has 0 saturated heterocycles. The predicted molar refractivity (Wildman–Crippen MR) is 493 cm³/mol. The van der Waals surface area contributed by atoms with Crippen LogP contribution in [-0.2, 0) is 7.05 Å². The summed E-state index contributed by atoms with van der Waals surface area (Å²) >= 11 is 0. The molecule has 12 aromatic heterocycles. The topological polar surface area (TPSA) is 316 Å². The molecule has 7 aromatic carbocycles. The average Bonchev–Trinajstić information content (AvgIpc) is 1.61. The van der Waals surface area contributed by atoms with Crippen LogP contribution < -0.4 is 0 Å². The number of hydrogen-bond donors (Lipinski definition) is 5. The fourth-order valence-corrected chi connectivity index (χ4v) is 18.4. The van der Waals surface area contributed by atoms with Gasteiger partial charge in [-0.25, -0.2) is 33.7 Å². The minimum Gasteiger partial charge on any atom is -0.361 e. The summed E-state index contributed by atoms with van der Waals surface area (Å²) in [4.78, 5) is 52.5. The second-order valence-corrected chi connectivity index (χ2v) is 33.3. The number of aromatic amines is 5. The molecule has 0 bridgehead atoms. The maximum Gasteiger partial charge on any atom is 0.295 e. The van der Waals surface area contributed by atoms with Crippen molar-refractivity contribution in [1.29, 1.82) is 0 Å². The molecular formula is C100H95F2N19O5. The van der Waals surface area contributed by atoms with Crippen molar-refractivity contribution in [1.82, 2.24) is 85.2 Å². The zero-order valence-corrected chi connectivity index (χ0v) is 73.8. The van der Waals surface area contributed by atoms with Crippen molar-refractivity contribution in [3.8, 4) is 89.1 Å². The van der Waals surface area contributed by atoms with Gasteiger partial charge in [0.1, 0.15) is 34.6 Å². The zero-order chi connectivity index (χ0) is 88.1. The third kappa shape index (κ3) is 15.0. The normalized spacial score (nSPS) is 13.4. The number of pyridine rings is 1. The SMILES string of the molecule is CC1=NCC(C)=C1c1cc(-c2c(C)noc2C)cc2[nH]c(C(F)F)nc12.CC1=NCC(C)=C1c1cc(-c2c(C)noc2C)cc2[nH]c(C3CC3)nc12.Cc1ccc2ncccc2c1-c1cc(-c2c(C)noc2C)cc2[nH]cnc12.Cc1cccc(C)c1-c1cc(-c2c(C)noc2C)cc2[nH]cnc12.Cc1ccn(C)c1-c1cc(-c2c(C)noc2C)cc2[nH]cnc12. The molecular weight excluding hydrogens is 1590 g/mol. The second-order valence-electron chi connectivity index (χ2n) is 33.3. The standard InChI is InChI=1S/C22H18N4O.C21H22N4O.C20H19N3O.C19H18F2N4O.C18H18N4O/c1-12-6-7-18-16(5-4-8-23-18)20(12)17-9-15(10-19-22(17)25-11-24-19)21-13(2)26-27-14(21)3;1-10-9-22-11(2)18(10)16-7-15(19-12(3)25-26-13(19)4)8-17-20(16)24-21(23-17)14-5-6-14;1-11-6-5-7-12(2)18(11)16-8-15(9-17-20(16)22-10-21-17)19-13(3)23-24-14(19)4;1-8-7-22-9(2)15(8)13-5-12(16-10(3)25-26-11(16)4)6-14-17(13)24-19(23-14)18(20)21;1-10-5-6-22(4)18(10)14-7-13(8-15-17(14)20-9-19-15)16-11(2)21-23-12(16)3/h4-11H,1-3H3,(H,24,25);7-8,14H,5-6,9H2,1-4H3,(H,23,24);5-10H,1-4H3,(H,21,22);5-6,18H,7H2,1-4H3,(H,23,24);5-9H,1-4H3,(H,19,20). The molecule has 19 aromatic rings. The largest absolute Gasteiger partial charge is 0.361 e. The van der Waals surface area contributed by atoms with Crippen molar-refractivity contribution in [2.24, 2.45) is 17.0 Å². The van der Waals surface area contributed by atoms with Crippen molar-refractivity contribution >= 4 is 88.6 Å². The molecule has 14 heterocycles. The van der Waals surface area contributed by atoms with Crippen LogP contribution in [-0.4, -0.2) is 110 Å². The first kappa shape index (κ1) is 82.3. The number of hydrogen-bond acceptors (Lipinski definition) is 18. The Balaban J connectivity index is 0.000000107. The molecule has 3 aliphatic rings. The summed E-state index contributed by atoms with van der Waals surface area (Å²) in [5.41, 5.74) is 45.2. The van der Waals surface area contributed by atoms with E-state index in [1.165, 1.54) is 57.5 Å². The molecule has 1 saturated carbocycles. The van der Waals surface area contributed by atoms with Gasteiger partial charge in [-0.1, -0.05) is 56.1 Å². The van der Waals surface area contributed by atoms with Gasteiger partial charge in [-0.05, 0) is 289 Å². The number of aryl methyl sites for hydroxylation is 15. The smallest absolute Gasteiger partial charge is 0.295 e. The van der Waals surface area contributed by atoms with Crippen LogP contribution in [0.2, 0.25) is 0 Å². The quantitative estimate of drug-likeness (QED) is 0.0759. The first-order valence-corrected chi connectivity index (χ1v) is 42.0. The molecule has 5 N–H and O–H groups in total. The summed E-state index contributed by atoms with van der Waals surface area (Å²) in [6.07, 6.45) is 8.93. The van der Waals surface area contributed by atoms with Crippen LogP contribution >= 0.6 is 0 Å². The highest BCUT2D eigenvalue weighted by Gasteiger charge is 2.31. The van der Waals surface area contributed by atoms with E-state index in [0.29, 0.717) is 29.3 Å². The van der Waals surface area contributed by atoms with Crippen molar-refractivity contribution in [2.75, 3.05) is 13.1 Å². The molecule has 2 aliphatic heterocycles. The summed E-state index contributed by atoms with van der Waals surface area (Å²) < 4.78 is 55.4. The van der Waals surface area contributed by atoms with Crippen molar-refractivity contribution in [3.05, 3.63) is 254 Å². The monoisotopic (exact) mass is 1680 g/mol. The number of allylic oxidation sites excluding steroid dienone is 2. The maximum atomic E-state index is 13.2. The van der Waals surface area contributed by atoms with Gasteiger partial charge < -0.3 is 52.1 Å². The number of halogens is 2. The Morgan fingerprint density at radius 3 is 1.17 bits per heavy atom. The molecule has 0 spiro atoms. The van der Waals surface area contributed by atoms with E-state index in [4.69, 9.17) is 27.6 Å². The fraction of sp³-hybridized carbons (Fsp3) is 0.250. The van der Waals surface area contributed by atoms with Crippen LogP contribution in [0.15, 0.2) is 184 Å². The lowest BCUT2D eigenvalue weighted by molar-refractivity contribution is 0.142. The van der Waals surface area contributed by atoms with E-state index in [1.54, 1.807) is 19.0 Å². The summed E-state index contributed by atoms with van der Waals surface area (Å²) in [5, 5.41) is 21.6. The van der Waals surface area contributed by atoms with E-state index >= 15 is 0 Å². The summed E-state index contributed by atoms with van der Waals surface area (Å²) in [7, 11) is 2.06. The van der Waals surface area contributed by atoms with Crippen LogP contribution in [0.3, 0.4) is 0 Å². The van der Waals surface area contributed by atoms with Gasteiger partial charge >= 0.3 is 0 Å². The van der Waals surface area contributed by atoms with E-state index in [0.717, 1.165) is 231 Å². The Morgan fingerprint density at radius 1 is 0.381 bits per heavy atom. The number of fused-ring (bicyclic) bond motifs is 6. The minimum absolute atomic E-state index is 0.331. The second kappa shape index (κ2) is 32.8. The van der Waals surface area contributed by atoms with Crippen molar-refractivity contribution in [3.63, 3.8) is 0 Å². The van der Waals surface area contributed by atoms with Crippen LogP contribution in [0.1, 0.15) is 155 Å². The Bertz CT molecular complexity index is 7360. The Hall–Kier alpha value is -14.7. The van der Waals surface area contributed by atoms with Crippen LogP contribution in [0.4, 0.5) is 8.78 Å². The van der Waals surface area contributed by atoms with Crippen LogP contribution in [0.5, 0.6) is 0 Å². The number of nitrogens with zero attached hydrogens (tertiary/aromatic N) is 14. The van der Waals surface area contributed by atoms with E-state index in [-0.39, 0.29) is 5.82 Å². The van der Waals surface area contributed by atoms with E-state index in [2.05, 4.69) is 236 Å². The molecule has 0 atom stereocenters. The molecule has 1 aliphatic carbocycles. The number of alkyl halides is 2. The maximum absolute atomic E-state index is 13.2. The Kier molecular flexibility index (Phi) is 21.4. The summed E-state index contributed by atoms with van der Waals surface area (Å²) in [6.45, 7) is 37.5. The van der Waals surface area contributed by atoms with Gasteiger partial charge in [0.2, 0.25) is 0 Å². The lowest BCUT2D eigenvalue weighted by Crippen LogP contribution is -1.97. The number of H-pyrrole nitrogens is 5. The van der Waals surface area contributed by atoms with Crippen molar-refractivity contribution < 1.29 is 31.4 Å². The number of benzene rings is 7. The number of rotatable bonds is 12. The number of aromatic nitrogens is 17. The lowest BCUT2D eigenvalue weighted by atomic mass is 9.91. The van der Waals surface area contributed by atoms with Gasteiger partial charge in [-0.15, -0.1) is 0 Å². The molecule has 26 heteroatoms. The van der Waals surface area contributed by atoms with Gasteiger partial charge in [-0.2, -0.15) is 0 Å². The van der Waals surface area contributed by atoms with E-state index in [9.17, 15) is 8.78 Å². The Labute approximate surface area is 724 Å². The van der Waals surface area contributed by atoms with Gasteiger partial charge in [0.25, 0.3) is 6.43 Å². The van der Waals surface area contributed by atoms with Gasteiger partial charge in [-0.3, -0.25) is 15.0 Å².